The van der Waals surface area contributed by atoms with Crippen LogP contribution in [0.5, 0.6) is 0 Å². The molecule has 2 heterocycles. The van der Waals surface area contributed by atoms with Crippen LogP contribution in [0.2, 0.25) is 0 Å². The van der Waals surface area contributed by atoms with Gasteiger partial charge >= 0.3 is 12.1 Å². The Bertz CT molecular complexity index is 762. The molecule has 1 aromatic heterocycles. The zero-order valence-corrected chi connectivity index (χ0v) is 14.5. The quantitative estimate of drug-likeness (QED) is 0.864. The molecule has 1 aliphatic rings. The van der Waals surface area contributed by atoms with Crippen LogP contribution in [0.4, 0.5) is 10.7 Å². The number of aromatic nitrogens is 2. The van der Waals surface area contributed by atoms with Gasteiger partial charge in [-0.05, 0) is 32.9 Å². The lowest BCUT2D eigenvalue weighted by atomic mass is 10.1. The number of H-pyrrole nitrogens is 1. The van der Waals surface area contributed by atoms with Gasteiger partial charge in [0.1, 0.15) is 11.6 Å². The van der Waals surface area contributed by atoms with E-state index in [9.17, 15) is 14.7 Å². The fourth-order valence-corrected chi connectivity index (χ4v) is 2.82. The third-order valence-electron chi connectivity index (χ3n) is 3.97. The van der Waals surface area contributed by atoms with E-state index in [2.05, 4.69) is 9.97 Å². The van der Waals surface area contributed by atoms with Crippen LogP contribution in [0.3, 0.4) is 0 Å². The highest BCUT2D eigenvalue weighted by Crippen LogP contribution is 2.22. The van der Waals surface area contributed by atoms with Crippen molar-refractivity contribution in [3.63, 3.8) is 0 Å². The molecule has 0 aliphatic carbocycles. The molecule has 0 saturated carbocycles. The first-order valence-electron chi connectivity index (χ1n) is 8.17. The molecule has 1 aliphatic heterocycles. The summed E-state index contributed by atoms with van der Waals surface area (Å²) in [5.74, 6) is -0.508. The molecule has 2 aromatic rings. The predicted molar refractivity (Wildman–Crippen MR) is 92.7 cm³/mol. The summed E-state index contributed by atoms with van der Waals surface area (Å²) in [6.07, 6.45) is -0.497. The van der Waals surface area contributed by atoms with Gasteiger partial charge < -0.3 is 24.6 Å². The second-order valence-corrected chi connectivity index (χ2v) is 7.05. The maximum Gasteiger partial charge on any atom is 0.410 e. The number of para-hydroxylation sites is 2. The Morgan fingerprint density at radius 2 is 2.00 bits per heavy atom. The summed E-state index contributed by atoms with van der Waals surface area (Å²) in [5, 5.41) is 9.61. The SMILES string of the molecule is CC(C)(C)OC(=O)N1CCN(c2nc3ccccc3[nH]2)[C@@H](C(=O)O)C1. The van der Waals surface area contributed by atoms with E-state index in [-0.39, 0.29) is 6.54 Å². The van der Waals surface area contributed by atoms with E-state index in [1.54, 1.807) is 25.7 Å². The van der Waals surface area contributed by atoms with Gasteiger partial charge in [0.25, 0.3) is 0 Å². The maximum atomic E-state index is 12.2. The Hall–Kier alpha value is -2.77. The molecule has 1 saturated heterocycles. The predicted octanol–water partition coefficient (Wildman–Crippen LogP) is 2.07. The number of rotatable bonds is 2. The second kappa shape index (κ2) is 6.27. The first-order chi connectivity index (χ1) is 11.7. The molecule has 1 fully saturated rings. The summed E-state index contributed by atoms with van der Waals surface area (Å²) in [6, 6.07) is 6.63. The highest BCUT2D eigenvalue weighted by Gasteiger charge is 2.37. The van der Waals surface area contributed by atoms with Gasteiger partial charge in [-0.15, -0.1) is 0 Å². The Kier molecular flexibility index (Phi) is 4.28. The van der Waals surface area contributed by atoms with Crippen molar-refractivity contribution in [3.8, 4) is 0 Å². The molecule has 25 heavy (non-hydrogen) atoms. The van der Waals surface area contributed by atoms with Gasteiger partial charge in [-0.1, -0.05) is 12.1 Å². The van der Waals surface area contributed by atoms with Crippen LogP contribution in [0.25, 0.3) is 11.0 Å². The number of imidazole rings is 1. The number of ether oxygens (including phenoxy) is 1. The number of anilines is 1. The number of carboxylic acids is 1. The molecule has 3 rings (SSSR count). The first kappa shape index (κ1) is 17.1. The molecule has 0 spiro atoms. The van der Waals surface area contributed by atoms with Gasteiger partial charge in [0.05, 0.1) is 17.6 Å². The van der Waals surface area contributed by atoms with Crippen molar-refractivity contribution in [3.05, 3.63) is 24.3 Å². The third kappa shape index (κ3) is 3.67. The minimum Gasteiger partial charge on any atom is -0.480 e. The molecule has 1 amide bonds. The molecule has 134 valence electrons. The normalized spacial score (nSPS) is 18.4. The summed E-state index contributed by atoms with van der Waals surface area (Å²) >= 11 is 0. The molecular weight excluding hydrogens is 324 g/mol. The molecule has 1 atom stereocenters. The lowest BCUT2D eigenvalue weighted by molar-refractivity contribution is -0.139. The van der Waals surface area contributed by atoms with Gasteiger partial charge in [-0.25, -0.2) is 14.6 Å². The first-order valence-corrected chi connectivity index (χ1v) is 8.17. The van der Waals surface area contributed by atoms with Crippen molar-refractivity contribution in [1.82, 2.24) is 14.9 Å². The number of nitrogens with zero attached hydrogens (tertiary/aromatic N) is 3. The van der Waals surface area contributed by atoms with E-state index in [0.717, 1.165) is 11.0 Å². The van der Waals surface area contributed by atoms with Crippen LogP contribution in [0.15, 0.2) is 24.3 Å². The standard InChI is InChI=1S/C17H22N4O4/c1-17(2,3)25-16(24)20-8-9-21(13(10-20)14(22)23)15-18-11-6-4-5-7-12(11)19-15/h4-7,13H,8-10H2,1-3H3,(H,18,19)(H,22,23)/t13-/m1/s1. The summed E-state index contributed by atoms with van der Waals surface area (Å²) in [4.78, 5) is 34.7. The molecule has 8 heteroatoms. The zero-order valence-electron chi connectivity index (χ0n) is 14.5. The van der Waals surface area contributed by atoms with Crippen LogP contribution < -0.4 is 4.90 Å². The van der Waals surface area contributed by atoms with E-state index in [1.807, 2.05) is 24.3 Å². The second-order valence-electron chi connectivity index (χ2n) is 7.05. The number of hydrogen-bond donors (Lipinski definition) is 2. The van der Waals surface area contributed by atoms with E-state index in [1.165, 1.54) is 4.90 Å². The van der Waals surface area contributed by atoms with Crippen LogP contribution in [0.1, 0.15) is 20.8 Å². The third-order valence-corrected chi connectivity index (χ3v) is 3.97. The lowest BCUT2D eigenvalue weighted by Gasteiger charge is -2.39. The number of piperazine rings is 1. The molecule has 2 N–H and O–H groups in total. The maximum absolute atomic E-state index is 12.2. The smallest absolute Gasteiger partial charge is 0.410 e. The minimum absolute atomic E-state index is 0.0429. The Morgan fingerprint density at radius 3 is 2.64 bits per heavy atom. The molecular formula is C17H22N4O4. The number of carbonyl (C=O) groups excluding carboxylic acids is 1. The number of fused-ring (bicyclic) bond motifs is 1. The Labute approximate surface area is 145 Å². The van der Waals surface area contributed by atoms with Crippen molar-refractivity contribution in [2.45, 2.75) is 32.4 Å². The number of carboxylic acid groups (broad SMARTS) is 1. The Morgan fingerprint density at radius 1 is 1.28 bits per heavy atom. The van der Waals surface area contributed by atoms with Crippen molar-refractivity contribution >= 4 is 29.0 Å². The van der Waals surface area contributed by atoms with Crippen molar-refractivity contribution < 1.29 is 19.4 Å². The number of carbonyl (C=O) groups is 2. The van der Waals surface area contributed by atoms with Crippen LogP contribution in [-0.4, -0.2) is 63.3 Å². The summed E-state index contributed by atoms with van der Waals surface area (Å²) in [5.41, 5.74) is 0.999. The molecule has 0 unspecified atom stereocenters. The number of hydrogen-bond acceptors (Lipinski definition) is 5. The van der Waals surface area contributed by atoms with Crippen LogP contribution in [0, 0.1) is 0 Å². The van der Waals surface area contributed by atoms with Crippen molar-refractivity contribution in [1.29, 1.82) is 0 Å². The fourth-order valence-electron chi connectivity index (χ4n) is 2.82. The summed E-state index contributed by atoms with van der Waals surface area (Å²) < 4.78 is 5.35. The van der Waals surface area contributed by atoms with Crippen LogP contribution >= 0.6 is 0 Å². The highest BCUT2D eigenvalue weighted by molar-refractivity contribution is 5.82. The highest BCUT2D eigenvalue weighted by atomic mass is 16.6. The molecule has 8 nitrogen and oxygen atoms in total. The summed E-state index contributed by atoms with van der Waals surface area (Å²) in [6.45, 7) is 6.12. The zero-order chi connectivity index (χ0) is 18.2. The molecule has 0 radical (unpaired) electrons. The van der Waals surface area contributed by atoms with E-state index < -0.39 is 23.7 Å². The molecule has 1 aromatic carbocycles. The number of nitrogens with one attached hydrogen (secondary N) is 1. The number of benzene rings is 1. The van der Waals surface area contributed by atoms with E-state index in [4.69, 9.17) is 4.74 Å². The van der Waals surface area contributed by atoms with E-state index in [0.29, 0.717) is 19.0 Å². The van der Waals surface area contributed by atoms with Crippen molar-refractivity contribution in [2.75, 3.05) is 24.5 Å². The average molecular weight is 346 g/mol. The number of aliphatic carboxylic acids is 1. The van der Waals surface area contributed by atoms with Gasteiger partial charge in [-0.2, -0.15) is 0 Å². The number of aromatic amines is 1. The molecule has 0 bridgehead atoms. The monoisotopic (exact) mass is 346 g/mol. The van der Waals surface area contributed by atoms with Gasteiger partial charge in [0.15, 0.2) is 0 Å². The number of amides is 1. The Balaban J connectivity index is 1.80. The van der Waals surface area contributed by atoms with Gasteiger partial charge in [0, 0.05) is 13.1 Å². The average Bonchev–Trinajstić information content (AvgIpc) is 2.96. The largest absolute Gasteiger partial charge is 0.480 e. The van der Waals surface area contributed by atoms with Gasteiger partial charge in [-0.3, -0.25) is 0 Å². The lowest BCUT2D eigenvalue weighted by Crippen LogP contribution is -2.58. The van der Waals surface area contributed by atoms with E-state index >= 15 is 0 Å². The van der Waals surface area contributed by atoms with Crippen LogP contribution in [-0.2, 0) is 9.53 Å². The minimum atomic E-state index is -1.01. The summed E-state index contributed by atoms with van der Waals surface area (Å²) in [7, 11) is 0. The topological polar surface area (TPSA) is 98.8 Å². The van der Waals surface area contributed by atoms with Gasteiger partial charge in [0.2, 0.25) is 5.95 Å². The van der Waals surface area contributed by atoms with Crippen molar-refractivity contribution in [2.24, 2.45) is 0 Å². The fraction of sp³-hybridized carbons (Fsp3) is 0.471.